The topological polar surface area (TPSA) is 22.0 Å². The van der Waals surface area contributed by atoms with E-state index < -0.39 is 18.4 Å². The molecule has 0 fully saturated rings. The first-order chi connectivity index (χ1) is 8.29. The fourth-order valence-electron chi connectivity index (χ4n) is 1.86. The Morgan fingerprint density at radius 1 is 1.39 bits per heavy atom. The second-order valence-corrected chi connectivity index (χ2v) is 4.46. The van der Waals surface area contributed by atoms with Gasteiger partial charge in [-0.25, -0.2) is 0 Å². The molecule has 0 saturated carbocycles. The molecule has 0 N–H and O–H groups in total. The summed E-state index contributed by atoms with van der Waals surface area (Å²) >= 11 is 5.82. The van der Waals surface area contributed by atoms with E-state index in [0.29, 0.717) is 21.5 Å². The number of aryl methyl sites for hydroxylation is 1. The van der Waals surface area contributed by atoms with Crippen molar-refractivity contribution < 1.29 is 18.0 Å². The second-order valence-electron chi connectivity index (χ2n) is 4.02. The lowest BCUT2D eigenvalue weighted by Crippen LogP contribution is -2.24. The van der Waals surface area contributed by atoms with Crippen LogP contribution in [0.1, 0.15) is 5.56 Å². The number of alkyl halides is 3. The maximum atomic E-state index is 12.2. The van der Waals surface area contributed by atoms with Gasteiger partial charge in [-0.1, -0.05) is 17.7 Å². The van der Waals surface area contributed by atoms with Gasteiger partial charge in [0.2, 0.25) is 5.78 Å². The lowest BCUT2D eigenvalue weighted by Gasteiger charge is -2.03. The molecule has 18 heavy (non-hydrogen) atoms. The number of carbonyl (C=O) groups is 1. The Hall–Kier alpha value is -1.49. The summed E-state index contributed by atoms with van der Waals surface area (Å²) in [5, 5.41) is 1.11. The summed E-state index contributed by atoms with van der Waals surface area (Å²) in [5.41, 5.74) is 1.05. The van der Waals surface area contributed by atoms with Gasteiger partial charge in [-0.15, -0.1) is 0 Å². The normalized spacial score (nSPS) is 12.1. The highest BCUT2D eigenvalue weighted by Gasteiger charge is 2.38. The number of Topliss-reactive ketones (excluding diaryl/α,β-unsaturated/α-hetero) is 1. The van der Waals surface area contributed by atoms with Crippen LogP contribution in [0.25, 0.3) is 10.9 Å². The van der Waals surface area contributed by atoms with E-state index in [1.54, 1.807) is 29.8 Å². The zero-order valence-electron chi connectivity index (χ0n) is 9.38. The predicted octanol–water partition coefficient (Wildman–Crippen LogP) is 3.51. The number of ketones is 1. The van der Waals surface area contributed by atoms with Crippen LogP contribution in [0.3, 0.4) is 0 Å². The number of rotatable bonds is 2. The van der Waals surface area contributed by atoms with Crippen molar-refractivity contribution in [3.05, 3.63) is 35.0 Å². The molecule has 0 amide bonds. The van der Waals surface area contributed by atoms with Crippen LogP contribution < -0.4 is 0 Å². The molecule has 2 nitrogen and oxygen atoms in total. The molecule has 0 spiro atoms. The summed E-state index contributed by atoms with van der Waals surface area (Å²) in [6.07, 6.45) is -3.93. The summed E-state index contributed by atoms with van der Waals surface area (Å²) in [4.78, 5) is 11.0. The molecule has 0 saturated heterocycles. The van der Waals surface area contributed by atoms with E-state index >= 15 is 0 Å². The molecule has 0 aliphatic carbocycles. The third-order valence-electron chi connectivity index (χ3n) is 2.70. The van der Waals surface area contributed by atoms with Crippen LogP contribution >= 0.6 is 11.6 Å². The molecule has 6 heteroatoms. The lowest BCUT2D eigenvalue weighted by molar-refractivity contribution is -0.170. The largest absolute Gasteiger partial charge is 0.450 e. The molecule has 1 aromatic carbocycles. The lowest BCUT2D eigenvalue weighted by atomic mass is 10.1. The Morgan fingerprint density at radius 2 is 2.06 bits per heavy atom. The van der Waals surface area contributed by atoms with Gasteiger partial charge in [-0.2, -0.15) is 13.2 Å². The maximum Gasteiger partial charge on any atom is 0.450 e. The SMILES string of the molecule is Cn1cc(CC(=O)C(F)(F)F)c2ccc(Cl)cc21. The van der Waals surface area contributed by atoms with Gasteiger partial charge in [0.1, 0.15) is 0 Å². The molecule has 1 heterocycles. The van der Waals surface area contributed by atoms with Crippen molar-refractivity contribution in [2.75, 3.05) is 0 Å². The summed E-state index contributed by atoms with van der Waals surface area (Å²) in [6, 6.07) is 4.86. The highest BCUT2D eigenvalue weighted by molar-refractivity contribution is 6.31. The van der Waals surface area contributed by atoms with Crippen LogP contribution in [0.5, 0.6) is 0 Å². The first-order valence-corrected chi connectivity index (χ1v) is 5.50. The minimum atomic E-state index is -4.80. The van der Waals surface area contributed by atoms with Crippen LogP contribution in [-0.2, 0) is 18.3 Å². The van der Waals surface area contributed by atoms with Crippen LogP contribution in [0.2, 0.25) is 5.02 Å². The van der Waals surface area contributed by atoms with E-state index in [9.17, 15) is 18.0 Å². The number of aromatic nitrogens is 1. The van der Waals surface area contributed by atoms with Crippen molar-refractivity contribution in [3.8, 4) is 0 Å². The Kier molecular flexibility index (Phi) is 3.11. The number of halogens is 4. The van der Waals surface area contributed by atoms with E-state index in [4.69, 9.17) is 11.6 Å². The minimum absolute atomic E-state index is 0.353. The van der Waals surface area contributed by atoms with Crippen LogP contribution in [0, 0.1) is 0 Å². The zero-order valence-corrected chi connectivity index (χ0v) is 10.1. The average Bonchev–Trinajstić information content (AvgIpc) is 2.54. The van der Waals surface area contributed by atoms with E-state index in [0.717, 1.165) is 0 Å². The van der Waals surface area contributed by atoms with E-state index in [1.807, 2.05) is 0 Å². The van der Waals surface area contributed by atoms with Crippen molar-refractivity contribution in [1.29, 1.82) is 0 Å². The maximum absolute atomic E-state index is 12.2. The molecule has 0 radical (unpaired) electrons. The van der Waals surface area contributed by atoms with Gasteiger partial charge in [-0.05, 0) is 17.7 Å². The predicted molar refractivity (Wildman–Crippen MR) is 62.7 cm³/mol. The van der Waals surface area contributed by atoms with E-state index in [2.05, 4.69) is 0 Å². The van der Waals surface area contributed by atoms with Crippen LogP contribution in [0.15, 0.2) is 24.4 Å². The highest BCUT2D eigenvalue weighted by Crippen LogP contribution is 2.26. The van der Waals surface area contributed by atoms with Crippen molar-refractivity contribution in [3.63, 3.8) is 0 Å². The molecule has 1 aromatic heterocycles. The summed E-state index contributed by atoms with van der Waals surface area (Å²) in [6.45, 7) is 0. The zero-order chi connectivity index (χ0) is 13.5. The smallest absolute Gasteiger partial charge is 0.350 e. The number of benzene rings is 1. The summed E-state index contributed by atoms with van der Waals surface area (Å²) in [7, 11) is 1.69. The number of nitrogens with zero attached hydrogens (tertiary/aromatic N) is 1. The molecule has 96 valence electrons. The van der Waals surface area contributed by atoms with Crippen molar-refractivity contribution in [1.82, 2.24) is 4.57 Å². The third-order valence-corrected chi connectivity index (χ3v) is 2.94. The minimum Gasteiger partial charge on any atom is -0.350 e. The Balaban J connectivity index is 2.44. The molecule has 0 aliphatic heterocycles. The molecule has 0 aliphatic rings. The average molecular weight is 276 g/mol. The van der Waals surface area contributed by atoms with Crippen LogP contribution in [0.4, 0.5) is 13.2 Å². The van der Waals surface area contributed by atoms with Gasteiger partial charge in [0.25, 0.3) is 0 Å². The molecular weight excluding hydrogens is 267 g/mol. The van der Waals surface area contributed by atoms with Crippen molar-refractivity contribution in [2.24, 2.45) is 7.05 Å². The number of hydrogen-bond acceptors (Lipinski definition) is 1. The van der Waals surface area contributed by atoms with Gasteiger partial charge in [0.05, 0.1) is 0 Å². The fraction of sp³-hybridized carbons (Fsp3) is 0.250. The standard InChI is InChI=1S/C12H9ClF3NO/c1-17-6-7(4-11(18)12(14,15)16)9-3-2-8(13)5-10(9)17/h2-3,5-6H,4H2,1H3. The first kappa shape index (κ1) is 13.0. The van der Waals surface area contributed by atoms with Gasteiger partial charge in [0.15, 0.2) is 0 Å². The second kappa shape index (κ2) is 4.31. The number of fused-ring (bicyclic) bond motifs is 1. The molecule has 0 bridgehead atoms. The van der Waals surface area contributed by atoms with Gasteiger partial charge < -0.3 is 4.57 Å². The van der Waals surface area contributed by atoms with Gasteiger partial charge >= 0.3 is 6.18 Å². The van der Waals surface area contributed by atoms with Crippen molar-refractivity contribution >= 4 is 28.3 Å². The highest BCUT2D eigenvalue weighted by atomic mass is 35.5. The van der Waals surface area contributed by atoms with Crippen LogP contribution in [-0.4, -0.2) is 16.5 Å². The van der Waals surface area contributed by atoms with Gasteiger partial charge in [0, 0.05) is 35.6 Å². The molecule has 2 aromatic rings. The molecular formula is C12H9ClF3NO. The fourth-order valence-corrected chi connectivity index (χ4v) is 2.02. The Bertz CT molecular complexity index is 616. The summed E-state index contributed by atoms with van der Waals surface area (Å²) < 4.78 is 38.3. The summed E-state index contributed by atoms with van der Waals surface area (Å²) in [5.74, 6) is -1.75. The Labute approximate surface area is 106 Å². The number of carbonyl (C=O) groups excluding carboxylic acids is 1. The van der Waals surface area contributed by atoms with E-state index in [-0.39, 0.29) is 0 Å². The van der Waals surface area contributed by atoms with E-state index in [1.165, 1.54) is 6.20 Å². The Morgan fingerprint density at radius 3 is 2.67 bits per heavy atom. The number of hydrogen-bond donors (Lipinski definition) is 0. The quantitative estimate of drug-likeness (QED) is 0.822. The third kappa shape index (κ3) is 2.36. The first-order valence-electron chi connectivity index (χ1n) is 5.12. The molecule has 0 unspecified atom stereocenters. The van der Waals surface area contributed by atoms with Gasteiger partial charge in [-0.3, -0.25) is 4.79 Å². The molecule has 0 atom stereocenters. The van der Waals surface area contributed by atoms with Crippen molar-refractivity contribution in [2.45, 2.75) is 12.6 Å². The monoisotopic (exact) mass is 275 g/mol. The molecule has 2 rings (SSSR count).